The van der Waals surface area contributed by atoms with Gasteiger partial charge >= 0.3 is 0 Å². The number of aliphatic hydroxyl groups is 1. The van der Waals surface area contributed by atoms with Crippen molar-refractivity contribution in [2.75, 3.05) is 20.3 Å². The molecule has 1 aromatic carbocycles. The summed E-state index contributed by atoms with van der Waals surface area (Å²) in [5.74, 6) is -0.408. The van der Waals surface area contributed by atoms with Crippen LogP contribution in [0.3, 0.4) is 0 Å². The Morgan fingerprint density at radius 2 is 2.00 bits per heavy atom. The van der Waals surface area contributed by atoms with Crippen LogP contribution in [-0.4, -0.2) is 48.2 Å². The number of hydrogen-bond acceptors (Lipinski definition) is 4. The maximum absolute atomic E-state index is 12.2. The molecule has 5 nitrogen and oxygen atoms in total. The van der Waals surface area contributed by atoms with Crippen LogP contribution < -0.4 is 0 Å². The molecule has 0 radical (unpaired) electrons. The molecule has 3 atom stereocenters. The standard InChI is InChI=1S/C15H22NO4P/c1-16(12(17)7-8-13-19-9-10-20-13)15(21)14(18)11-5-3-2-4-6-11/h2-6,13-15,18H,7-10,21H2,1H3/t14-,15-/m1/s1. The molecule has 116 valence electrons. The summed E-state index contributed by atoms with van der Waals surface area (Å²) in [4.78, 5) is 13.7. The Hall–Kier alpha value is -1.00. The van der Waals surface area contributed by atoms with Gasteiger partial charge in [0.1, 0.15) is 6.10 Å². The Morgan fingerprint density at radius 1 is 1.38 bits per heavy atom. The molecule has 1 N–H and O–H groups in total. The number of nitrogens with zero attached hydrogens (tertiary/aromatic N) is 1. The van der Waals surface area contributed by atoms with E-state index in [-0.39, 0.29) is 18.0 Å². The molecule has 1 saturated heterocycles. The van der Waals surface area contributed by atoms with Gasteiger partial charge in [-0.3, -0.25) is 4.79 Å². The summed E-state index contributed by atoms with van der Waals surface area (Å²) >= 11 is 0. The lowest BCUT2D eigenvalue weighted by molar-refractivity contribution is -0.134. The summed E-state index contributed by atoms with van der Waals surface area (Å²) in [6.45, 7) is 1.18. The quantitative estimate of drug-likeness (QED) is 0.810. The van der Waals surface area contributed by atoms with Crippen LogP contribution in [0.1, 0.15) is 24.5 Å². The Balaban J connectivity index is 1.85. The van der Waals surface area contributed by atoms with E-state index in [9.17, 15) is 9.90 Å². The summed E-state index contributed by atoms with van der Waals surface area (Å²) in [6.07, 6.45) is -0.122. The predicted octanol–water partition coefficient (Wildman–Crippen LogP) is 1.53. The van der Waals surface area contributed by atoms with E-state index in [2.05, 4.69) is 9.24 Å². The van der Waals surface area contributed by atoms with E-state index in [1.807, 2.05) is 30.3 Å². The van der Waals surface area contributed by atoms with E-state index in [0.29, 0.717) is 26.1 Å². The van der Waals surface area contributed by atoms with E-state index in [0.717, 1.165) is 5.56 Å². The minimum atomic E-state index is -0.732. The molecule has 0 saturated carbocycles. The highest BCUT2D eigenvalue weighted by molar-refractivity contribution is 7.17. The lowest BCUT2D eigenvalue weighted by Crippen LogP contribution is -2.37. The number of ether oxygens (including phenoxy) is 2. The number of amides is 1. The second kappa shape index (κ2) is 7.85. The molecule has 0 aromatic heterocycles. The molecular weight excluding hydrogens is 289 g/mol. The largest absolute Gasteiger partial charge is 0.386 e. The Kier molecular flexibility index (Phi) is 6.12. The molecule has 0 aliphatic carbocycles. The van der Waals surface area contributed by atoms with Gasteiger partial charge in [-0.15, -0.1) is 9.24 Å². The summed E-state index contributed by atoms with van der Waals surface area (Å²) in [5, 5.41) is 10.3. The van der Waals surface area contributed by atoms with Crippen molar-refractivity contribution in [3.05, 3.63) is 35.9 Å². The first-order valence-electron chi connectivity index (χ1n) is 7.07. The van der Waals surface area contributed by atoms with E-state index in [1.54, 1.807) is 11.9 Å². The molecule has 1 heterocycles. The minimum Gasteiger partial charge on any atom is -0.386 e. The third kappa shape index (κ3) is 4.48. The average molecular weight is 311 g/mol. The summed E-state index contributed by atoms with van der Waals surface area (Å²) in [6, 6.07) is 9.32. The van der Waals surface area contributed by atoms with E-state index in [1.165, 1.54) is 0 Å². The first-order chi connectivity index (χ1) is 10.1. The molecule has 1 unspecified atom stereocenters. The third-order valence-corrected chi connectivity index (χ3v) is 4.40. The minimum absolute atomic E-state index is 0.0379. The van der Waals surface area contributed by atoms with Crippen molar-refractivity contribution in [1.82, 2.24) is 4.90 Å². The van der Waals surface area contributed by atoms with Crippen LogP contribution in [0, 0.1) is 0 Å². The van der Waals surface area contributed by atoms with Gasteiger partial charge in [0.2, 0.25) is 5.91 Å². The highest BCUT2D eigenvalue weighted by Gasteiger charge is 2.25. The molecular formula is C15H22NO4P. The second-order valence-corrected chi connectivity index (χ2v) is 5.74. The zero-order valence-electron chi connectivity index (χ0n) is 12.1. The number of rotatable bonds is 6. The summed E-state index contributed by atoms with van der Waals surface area (Å²) in [5.41, 5.74) is 0.791. The van der Waals surface area contributed by atoms with Crippen LogP contribution in [0.2, 0.25) is 0 Å². The van der Waals surface area contributed by atoms with Crippen LogP contribution in [0.5, 0.6) is 0 Å². The van der Waals surface area contributed by atoms with Crippen LogP contribution in [0.15, 0.2) is 30.3 Å². The van der Waals surface area contributed by atoms with Crippen molar-refractivity contribution in [1.29, 1.82) is 0 Å². The van der Waals surface area contributed by atoms with Gasteiger partial charge in [-0.25, -0.2) is 0 Å². The van der Waals surface area contributed by atoms with Crippen LogP contribution >= 0.6 is 9.24 Å². The van der Waals surface area contributed by atoms with Crippen LogP contribution in [-0.2, 0) is 14.3 Å². The Bertz CT molecular complexity index is 450. The van der Waals surface area contributed by atoms with Crippen molar-refractivity contribution in [3.63, 3.8) is 0 Å². The smallest absolute Gasteiger partial charge is 0.223 e. The van der Waals surface area contributed by atoms with Gasteiger partial charge in [-0.2, -0.15) is 0 Å². The zero-order valence-corrected chi connectivity index (χ0v) is 13.3. The van der Waals surface area contributed by atoms with Crippen molar-refractivity contribution in [2.24, 2.45) is 0 Å². The third-order valence-electron chi connectivity index (χ3n) is 3.59. The van der Waals surface area contributed by atoms with Gasteiger partial charge in [0.25, 0.3) is 0 Å². The van der Waals surface area contributed by atoms with Crippen molar-refractivity contribution < 1.29 is 19.4 Å². The van der Waals surface area contributed by atoms with E-state index < -0.39 is 6.10 Å². The van der Waals surface area contributed by atoms with Crippen LogP contribution in [0.4, 0.5) is 0 Å². The van der Waals surface area contributed by atoms with E-state index >= 15 is 0 Å². The fourth-order valence-corrected chi connectivity index (χ4v) is 2.61. The molecule has 1 aromatic rings. The molecule has 21 heavy (non-hydrogen) atoms. The number of aliphatic hydroxyl groups excluding tert-OH is 1. The van der Waals surface area contributed by atoms with Gasteiger partial charge in [0, 0.05) is 19.9 Å². The highest BCUT2D eigenvalue weighted by Crippen LogP contribution is 2.25. The van der Waals surface area contributed by atoms with Crippen molar-refractivity contribution in [2.45, 2.75) is 31.0 Å². The molecule has 6 heteroatoms. The topological polar surface area (TPSA) is 59.0 Å². The highest BCUT2D eigenvalue weighted by atomic mass is 31.0. The monoisotopic (exact) mass is 311 g/mol. The maximum Gasteiger partial charge on any atom is 0.223 e. The van der Waals surface area contributed by atoms with Gasteiger partial charge in [-0.05, 0) is 5.56 Å². The summed E-state index contributed by atoms with van der Waals surface area (Å²) in [7, 11) is 4.23. The first-order valence-corrected chi connectivity index (χ1v) is 7.73. The Labute approximate surface area is 127 Å². The Morgan fingerprint density at radius 3 is 2.62 bits per heavy atom. The molecule has 1 aliphatic heterocycles. The molecule has 2 rings (SSSR count). The lowest BCUT2D eigenvalue weighted by Gasteiger charge is -2.29. The number of likely N-dealkylation sites (N-methyl/N-ethyl adjacent to an activating group) is 1. The molecule has 1 aliphatic rings. The second-order valence-electron chi connectivity index (χ2n) is 5.06. The fourth-order valence-electron chi connectivity index (χ4n) is 2.22. The molecule has 1 amide bonds. The van der Waals surface area contributed by atoms with Gasteiger partial charge < -0.3 is 19.5 Å². The van der Waals surface area contributed by atoms with Gasteiger partial charge in [0.05, 0.1) is 19.0 Å². The zero-order chi connectivity index (χ0) is 15.2. The maximum atomic E-state index is 12.2. The van der Waals surface area contributed by atoms with Gasteiger partial charge in [-0.1, -0.05) is 30.3 Å². The predicted molar refractivity (Wildman–Crippen MR) is 82.6 cm³/mol. The molecule has 0 spiro atoms. The lowest BCUT2D eigenvalue weighted by atomic mass is 10.1. The number of carbonyl (C=O) groups is 1. The molecule has 0 bridgehead atoms. The number of hydrogen-bond donors (Lipinski definition) is 1. The SMILES string of the molecule is CN(C(=O)CCC1OCCO1)[C@H](P)[C@H](O)c1ccccc1. The normalized spacial score (nSPS) is 18.4. The number of benzene rings is 1. The fraction of sp³-hybridized carbons (Fsp3) is 0.533. The van der Waals surface area contributed by atoms with Crippen LogP contribution in [0.25, 0.3) is 0 Å². The molecule has 1 fully saturated rings. The van der Waals surface area contributed by atoms with Crippen molar-refractivity contribution in [3.8, 4) is 0 Å². The average Bonchev–Trinajstić information content (AvgIpc) is 3.04. The van der Waals surface area contributed by atoms with Gasteiger partial charge in [0.15, 0.2) is 6.29 Å². The number of carbonyl (C=O) groups excluding carboxylic acids is 1. The van der Waals surface area contributed by atoms with E-state index in [4.69, 9.17) is 9.47 Å². The summed E-state index contributed by atoms with van der Waals surface area (Å²) < 4.78 is 10.6. The van der Waals surface area contributed by atoms with Crippen molar-refractivity contribution >= 4 is 15.1 Å². The first kappa shape index (κ1) is 16.4.